The maximum absolute atomic E-state index is 6.02. The second kappa shape index (κ2) is 4.09. The molecule has 1 aliphatic carbocycles. The average molecular weight is 230 g/mol. The van der Waals surface area contributed by atoms with Crippen LogP contribution in [0.3, 0.4) is 0 Å². The first-order valence-electron chi connectivity index (χ1n) is 4.89. The molecule has 14 heavy (non-hydrogen) atoms. The first-order valence-corrected chi connectivity index (χ1v) is 5.64. The molecule has 0 aliphatic heterocycles. The van der Waals surface area contributed by atoms with E-state index in [-0.39, 0.29) is 6.04 Å². The predicted molar refractivity (Wildman–Crippen MR) is 61.0 cm³/mol. The van der Waals surface area contributed by atoms with Crippen molar-refractivity contribution in [1.29, 1.82) is 0 Å². The van der Waals surface area contributed by atoms with Crippen molar-refractivity contribution in [3.8, 4) is 0 Å². The average Bonchev–Trinajstić information content (AvgIpc) is 2.57. The summed E-state index contributed by atoms with van der Waals surface area (Å²) in [5.74, 6) is 0.463. The highest BCUT2D eigenvalue weighted by atomic mass is 35.5. The minimum absolute atomic E-state index is 0.284. The fraction of sp³-hybridized carbons (Fsp3) is 0.455. The number of hydrogen-bond donors (Lipinski definition) is 1. The van der Waals surface area contributed by atoms with Gasteiger partial charge in [-0.05, 0) is 36.5 Å². The van der Waals surface area contributed by atoms with Crippen molar-refractivity contribution in [2.45, 2.75) is 31.2 Å². The van der Waals surface area contributed by atoms with E-state index >= 15 is 0 Å². The molecule has 1 nitrogen and oxygen atoms in total. The highest BCUT2D eigenvalue weighted by Crippen LogP contribution is 2.35. The zero-order valence-corrected chi connectivity index (χ0v) is 9.35. The van der Waals surface area contributed by atoms with Gasteiger partial charge in [0.2, 0.25) is 0 Å². The molecule has 2 rings (SSSR count). The summed E-state index contributed by atoms with van der Waals surface area (Å²) in [6.07, 6.45) is 3.50. The van der Waals surface area contributed by atoms with Gasteiger partial charge in [0, 0.05) is 6.04 Å². The molecule has 2 N–H and O–H groups in total. The summed E-state index contributed by atoms with van der Waals surface area (Å²) in [6.45, 7) is 0. The number of hydrogen-bond acceptors (Lipinski definition) is 1. The van der Waals surface area contributed by atoms with Gasteiger partial charge >= 0.3 is 0 Å². The molecule has 1 fully saturated rings. The third-order valence-electron chi connectivity index (χ3n) is 2.94. The molecule has 0 aromatic heterocycles. The summed E-state index contributed by atoms with van der Waals surface area (Å²) in [7, 11) is 0. The van der Waals surface area contributed by atoms with Crippen molar-refractivity contribution < 1.29 is 0 Å². The van der Waals surface area contributed by atoms with Gasteiger partial charge in [0.15, 0.2) is 0 Å². The lowest BCUT2D eigenvalue weighted by molar-refractivity contribution is 0.613. The van der Waals surface area contributed by atoms with Crippen LogP contribution in [-0.4, -0.2) is 6.04 Å². The van der Waals surface area contributed by atoms with Crippen molar-refractivity contribution in [1.82, 2.24) is 0 Å². The van der Waals surface area contributed by atoms with E-state index in [2.05, 4.69) is 0 Å². The van der Waals surface area contributed by atoms with Crippen LogP contribution in [0.2, 0.25) is 10.0 Å². The number of halogens is 2. The van der Waals surface area contributed by atoms with Crippen LogP contribution in [0.1, 0.15) is 30.7 Å². The van der Waals surface area contributed by atoms with Crippen LogP contribution in [-0.2, 0) is 0 Å². The predicted octanol–water partition coefficient (Wildman–Crippen LogP) is 3.59. The summed E-state index contributed by atoms with van der Waals surface area (Å²) in [6, 6.07) is 6.11. The molecular formula is C11H13Cl2N. The Morgan fingerprint density at radius 1 is 1.14 bits per heavy atom. The van der Waals surface area contributed by atoms with Crippen molar-refractivity contribution in [3.05, 3.63) is 33.8 Å². The standard InChI is InChI=1S/C11H13Cl2N/c12-9-5-4-7(6-10(9)13)8-2-1-3-11(8)14/h4-6,8,11H,1-3,14H2/t8-,11-/m1/s1. The van der Waals surface area contributed by atoms with Gasteiger partial charge < -0.3 is 5.73 Å². The van der Waals surface area contributed by atoms with E-state index in [1.165, 1.54) is 18.4 Å². The normalized spacial score (nSPS) is 26.8. The van der Waals surface area contributed by atoms with Crippen LogP contribution >= 0.6 is 23.2 Å². The SMILES string of the molecule is N[C@@H]1CCC[C@@H]1c1ccc(Cl)c(Cl)c1. The molecule has 3 heteroatoms. The Morgan fingerprint density at radius 2 is 1.93 bits per heavy atom. The minimum atomic E-state index is 0.284. The zero-order chi connectivity index (χ0) is 10.1. The maximum Gasteiger partial charge on any atom is 0.0595 e. The fourth-order valence-electron chi connectivity index (χ4n) is 2.15. The molecule has 0 spiro atoms. The van der Waals surface area contributed by atoms with Crippen LogP contribution in [0.25, 0.3) is 0 Å². The number of benzene rings is 1. The van der Waals surface area contributed by atoms with Gasteiger partial charge in [-0.15, -0.1) is 0 Å². The second-order valence-corrected chi connectivity index (χ2v) is 4.69. The van der Waals surface area contributed by atoms with E-state index in [4.69, 9.17) is 28.9 Å². The molecule has 1 saturated carbocycles. The Bertz CT molecular complexity index is 338. The van der Waals surface area contributed by atoms with Crippen molar-refractivity contribution in [2.75, 3.05) is 0 Å². The Balaban J connectivity index is 2.28. The molecular weight excluding hydrogens is 217 g/mol. The van der Waals surface area contributed by atoms with Crippen LogP contribution < -0.4 is 5.73 Å². The van der Waals surface area contributed by atoms with Crippen molar-refractivity contribution in [2.24, 2.45) is 5.73 Å². The quantitative estimate of drug-likeness (QED) is 0.783. The Kier molecular flexibility index (Phi) is 3.01. The van der Waals surface area contributed by atoms with Crippen LogP contribution in [0.15, 0.2) is 18.2 Å². The molecule has 76 valence electrons. The van der Waals surface area contributed by atoms with Gasteiger partial charge in [-0.2, -0.15) is 0 Å². The summed E-state index contributed by atoms with van der Waals surface area (Å²) in [4.78, 5) is 0. The topological polar surface area (TPSA) is 26.0 Å². The van der Waals surface area contributed by atoms with E-state index < -0.39 is 0 Å². The summed E-state index contributed by atoms with van der Waals surface area (Å²) >= 11 is 11.8. The van der Waals surface area contributed by atoms with Gasteiger partial charge in [-0.1, -0.05) is 35.7 Å². The van der Waals surface area contributed by atoms with E-state index in [0.717, 1.165) is 6.42 Å². The lowest BCUT2D eigenvalue weighted by atomic mass is 9.95. The molecule has 2 atom stereocenters. The van der Waals surface area contributed by atoms with Crippen LogP contribution in [0, 0.1) is 0 Å². The molecule has 0 bridgehead atoms. The van der Waals surface area contributed by atoms with Crippen LogP contribution in [0.4, 0.5) is 0 Å². The third-order valence-corrected chi connectivity index (χ3v) is 3.68. The van der Waals surface area contributed by atoms with Gasteiger partial charge in [0.25, 0.3) is 0 Å². The molecule has 1 aromatic carbocycles. The van der Waals surface area contributed by atoms with Crippen LogP contribution in [0.5, 0.6) is 0 Å². The molecule has 0 radical (unpaired) electrons. The van der Waals surface area contributed by atoms with Gasteiger partial charge in [0.1, 0.15) is 0 Å². The molecule has 1 aliphatic rings. The fourth-order valence-corrected chi connectivity index (χ4v) is 2.45. The highest BCUT2D eigenvalue weighted by molar-refractivity contribution is 6.42. The van der Waals surface area contributed by atoms with E-state index in [0.29, 0.717) is 16.0 Å². The summed E-state index contributed by atoms with van der Waals surface area (Å²) < 4.78 is 0. The summed E-state index contributed by atoms with van der Waals surface area (Å²) in [5, 5.41) is 1.24. The number of rotatable bonds is 1. The highest BCUT2D eigenvalue weighted by Gasteiger charge is 2.25. The van der Waals surface area contributed by atoms with Gasteiger partial charge in [0.05, 0.1) is 10.0 Å². The van der Waals surface area contributed by atoms with E-state index in [1.54, 1.807) is 0 Å². The molecule has 0 amide bonds. The molecule has 1 aromatic rings. The molecule has 0 unspecified atom stereocenters. The van der Waals surface area contributed by atoms with Gasteiger partial charge in [-0.3, -0.25) is 0 Å². The molecule has 0 saturated heterocycles. The third kappa shape index (κ3) is 1.90. The van der Waals surface area contributed by atoms with Crippen molar-refractivity contribution >= 4 is 23.2 Å². The Morgan fingerprint density at radius 3 is 2.50 bits per heavy atom. The lowest BCUT2D eigenvalue weighted by Crippen LogP contribution is -2.22. The second-order valence-electron chi connectivity index (χ2n) is 3.87. The first-order chi connectivity index (χ1) is 6.68. The monoisotopic (exact) mass is 229 g/mol. The van der Waals surface area contributed by atoms with Crippen molar-refractivity contribution in [3.63, 3.8) is 0 Å². The minimum Gasteiger partial charge on any atom is -0.327 e. The maximum atomic E-state index is 6.02. The largest absolute Gasteiger partial charge is 0.327 e. The van der Waals surface area contributed by atoms with E-state index in [9.17, 15) is 0 Å². The Hall–Kier alpha value is -0.240. The van der Waals surface area contributed by atoms with Gasteiger partial charge in [-0.25, -0.2) is 0 Å². The zero-order valence-electron chi connectivity index (χ0n) is 7.84. The number of nitrogens with two attached hydrogens (primary N) is 1. The first kappa shape index (κ1) is 10.3. The Labute approximate surface area is 94.2 Å². The lowest BCUT2D eigenvalue weighted by Gasteiger charge is -2.16. The van der Waals surface area contributed by atoms with E-state index in [1.807, 2.05) is 18.2 Å². The molecule has 0 heterocycles. The summed E-state index contributed by atoms with van der Waals surface area (Å²) in [5.41, 5.74) is 7.25. The smallest absolute Gasteiger partial charge is 0.0595 e.